The van der Waals surface area contributed by atoms with Gasteiger partial charge in [-0.05, 0) is 19.3 Å². The van der Waals surface area contributed by atoms with Gasteiger partial charge in [0.25, 0.3) is 0 Å². The van der Waals surface area contributed by atoms with Crippen molar-refractivity contribution in [3.63, 3.8) is 0 Å². The molecule has 0 fully saturated rings. The summed E-state index contributed by atoms with van der Waals surface area (Å²) in [6.07, 6.45) is 28.5. The van der Waals surface area contributed by atoms with E-state index in [1.54, 1.807) is 0 Å². The van der Waals surface area contributed by atoms with Crippen molar-refractivity contribution in [2.24, 2.45) is 0 Å². The van der Waals surface area contributed by atoms with E-state index in [0.717, 1.165) is 25.7 Å². The number of unbranched alkanes of at least 4 members (excludes halogenated alkanes) is 18. The monoisotopic (exact) mass is 412 g/mol. The second-order valence-corrected chi connectivity index (χ2v) is 9.48. The van der Waals surface area contributed by atoms with Crippen molar-refractivity contribution < 1.29 is 10.2 Å². The summed E-state index contributed by atoms with van der Waals surface area (Å²) in [6, 6.07) is 0. The molecule has 0 aromatic rings. The van der Waals surface area contributed by atoms with Gasteiger partial charge in [0.05, 0.1) is 12.2 Å². The molecule has 29 heavy (non-hydrogen) atoms. The molecule has 2 nitrogen and oxygen atoms in total. The fourth-order valence-electron chi connectivity index (χ4n) is 4.28. The Morgan fingerprint density at radius 3 is 0.897 bits per heavy atom. The third-order valence-electron chi connectivity index (χ3n) is 6.33. The van der Waals surface area contributed by atoms with Gasteiger partial charge in [-0.2, -0.15) is 0 Å². The first kappa shape index (κ1) is 28.9. The zero-order chi connectivity index (χ0) is 21.4. The highest BCUT2D eigenvalue weighted by Crippen LogP contribution is 2.16. The van der Waals surface area contributed by atoms with E-state index in [-0.39, 0.29) is 12.2 Å². The van der Waals surface area contributed by atoms with Crippen LogP contribution in [0.1, 0.15) is 162 Å². The maximum Gasteiger partial charge on any atom is 0.0564 e. The molecule has 0 heterocycles. The average molecular weight is 413 g/mol. The smallest absolute Gasteiger partial charge is 0.0564 e. The number of aliphatic hydroxyl groups is 2. The highest BCUT2D eigenvalue weighted by molar-refractivity contribution is 4.64. The maximum absolute atomic E-state index is 10.1. The van der Waals surface area contributed by atoms with Crippen LogP contribution in [-0.2, 0) is 0 Å². The Balaban J connectivity index is 3.23. The van der Waals surface area contributed by atoms with Crippen molar-refractivity contribution in [2.75, 3.05) is 0 Å². The highest BCUT2D eigenvalue weighted by Gasteiger charge is 2.11. The van der Waals surface area contributed by atoms with E-state index in [1.807, 2.05) is 0 Å². The fraction of sp³-hybridized carbons (Fsp3) is 1.00. The van der Waals surface area contributed by atoms with Crippen LogP contribution >= 0.6 is 0 Å². The first-order valence-corrected chi connectivity index (χ1v) is 13.6. The van der Waals surface area contributed by atoms with Crippen molar-refractivity contribution in [3.8, 4) is 0 Å². The van der Waals surface area contributed by atoms with Crippen LogP contribution in [0.25, 0.3) is 0 Å². The van der Waals surface area contributed by atoms with Gasteiger partial charge < -0.3 is 10.2 Å². The topological polar surface area (TPSA) is 40.5 Å². The molecule has 0 saturated carbocycles. The van der Waals surface area contributed by atoms with Crippen LogP contribution in [0.3, 0.4) is 0 Å². The van der Waals surface area contributed by atoms with E-state index in [2.05, 4.69) is 13.8 Å². The molecule has 2 N–H and O–H groups in total. The third-order valence-corrected chi connectivity index (χ3v) is 6.33. The van der Waals surface area contributed by atoms with Gasteiger partial charge in [-0.3, -0.25) is 0 Å². The van der Waals surface area contributed by atoms with E-state index in [4.69, 9.17) is 0 Å². The Bertz CT molecular complexity index is 292. The Morgan fingerprint density at radius 2 is 0.621 bits per heavy atom. The van der Waals surface area contributed by atoms with Crippen molar-refractivity contribution in [1.29, 1.82) is 0 Å². The standard InChI is InChI=1S/C27H56O2/c1-3-5-7-9-10-11-12-13-14-15-16-17-18-20-22-24-27(29)25-26(28)23-21-19-8-6-4-2/h26-29H,3-25H2,1-2H3/t26-,27+/m1/s1. The minimum Gasteiger partial charge on any atom is -0.393 e. The largest absolute Gasteiger partial charge is 0.393 e. The van der Waals surface area contributed by atoms with Crippen LogP contribution in [0.15, 0.2) is 0 Å². The molecular formula is C27H56O2. The van der Waals surface area contributed by atoms with Crippen LogP contribution in [0.2, 0.25) is 0 Å². The van der Waals surface area contributed by atoms with Gasteiger partial charge in [0.2, 0.25) is 0 Å². The molecule has 2 heteroatoms. The molecule has 0 unspecified atom stereocenters. The van der Waals surface area contributed by atoms with Gasteiger partial charge in [-0.1, -0.05) is 142 Å². The Kier molecular flexibility index (Phi) is 24.1. The lowest BCUT2D eigenvalue weighted by atomic mass is 10.00. The molecule has 0 bridgehead atoms. The van der Waals surface area contributed by atoms with Gasteiger partial charge in [0.15, 0.2) is 0 Å². The molecule has 0 aliphatic heterocycles. The second kappa shape index (κ2) is 24.2. The van der Waals surface area contributed by atoms with Crippen molar-refractivity contribution in [2.45, 2.75) is 174 Å². The molecule has 0 rings (SSSR count). The summed E-state index contributed by atoms with van der Waals surface area (Å²) in [5, 5.41) is 20.1. The minimum atomic E-state index is -0.303. The van der Waals surface area contributed by atoms with E-state index in [1.165, 1.54) is 116 Å². The summed E-state index contributed by atoms with van der Waals surface area (Å²) in [7, 11) is 0. The molecular weight excluding hydrogens is 356 g/mol. The highest BCUT2D eigenvalue weighted by atomic mass is 16.3. The first-order chi connectivity index (χ1) is 14.2. The van der Waals surface area contributed by atoms with Crippen molar-refractivity contribution in [3.05, 3.63) is 0 Å². The van der Waals surface area contributed by atoms with Crippen LogP contribution in [0.5, 0.6) is 0 Å². The third kappa shape index (κ3) is 24.1. The summed E-state index contributed by atoms with van der Waals surface area (Å²) in [5.74, 6) is 0. The molecule has 0 saturated heterocycles. The molecule has 0 spiro atoms. The van der Waals surface area contributed by atoms with Gasteiger partial charge in [-0.15, -0.1) is 0 Å². The number of aliphatic hydroxyl groups excluding tert-OH is 2. The number of hydrogen-bond acceptors (Lipinski definition) is 2. The molecule has 0 aliphatic carbocycles. The second-order valence-electron chi connectivity index (χ2n) is 9.48. The molecule has 2 atom stereocenters. The summed E-state index contributed by atoms with van der Waals surface area (Å²) in [4.78, 5) is 0. The predicted octanol–water partition coefficient (Wildman–Crippen LogP) is 8.72. The van der Waals surface area contributed by atoms with Crippen LogP contribution < -0.4 is 0 Å². The Hall–Kier alpha value is -0.0800. The molecule has 0 amide bonds. The van der Waals surface area contributed by atoms with E-state index in [9.17, 15) is 10.2 Å². The number of hydrogen-bond donors (Lipinski definition) is 2. The SMILES string of the molecule is CCCCCCCCCCCCCCCCC[C@H](O)C[C@H](O)CCCCCCC. The Labute approximate surface area is 184 Å². The predicted molar refractivity (Wildman–Crippen MR) is 130 cm³/mol. The molecule has 0 aromatic carbocycles. The Morgan fingerprint density at radius 1 is 0.379 bits per heavy atom. The average Bonchev–Trinajstić information content (AvgIpc) is 2.70. The maximum atomic E-state index is 10.1. The zero-order valence-electron chi connectivity index (χ0n) is 20.3. The van der Waals surface area contributed by atoms with Crippen LogP contribution in [0, 0.1) is 0 Å². The van der Waals surface area contributed by atoms with Crippen LogP contribution in [-0.4, -0.2) is 22.4 Å². The minimum absolute atomic E-state index is 0.303. The van der Waals surface area contributed by atoms with Gasteiger partial charge in [0, 0.05) is 0 Å². The van der Waals surface area contributed by atoms with Gasteiger partial charge in [-0.25, -0.2) is 0 Å². The summed E-state index contributed by atoms with van der Waals surface area (Å²) in [6.45, 7) is 4.51. The summed E-state index contributed by atoms with van der Waals surface area (Å²) < 4.78 is 0. The summed E-state index contributed by atoms with van der Waals surface area (Å²) >= 11 is 0. The lowest BCUT2D eigenvalue weighted by molar-refractivity contribution is 0.0680. The zero-order valence-corrected chi connectivity index (χ0v) is 20.3. The van der Waals surface area contributed by atoms with Gasteiger partial charge in [0.1, 0.15) is 0 Å². The fourth-order valence-corrected chi connectivity index (χ4v) is 4.28. The molecule has 0 radical (unpaired) electrons. The van der Waals surface area contributed by atoms with Gasteiger partial charge >= 0.3 is 0 Å². The van der Waals surface area contributed by atoms with Crippen molar-refractivity contribution >= 4 is 0 Å². The summed E-state index contributed by atoms with van der Waals surface area (Å²) in [5.41, 5.74) is 0. The lowest BCUT2D eigenvalue weighted by Gasteiger charge is -2.15. The first-order valence-electron chi connectivity index (χ1n) is 13.6. The normalized spacial score (nSPS) is 13.7. The van der Waals surface area contributed by atoms with E-state index in [0.29, 0.717) is 6.42 Å². The quantitative estimate of drug-likeness (QED) is 0.156. The molecule has 176 valence electrons. The number of rotatable bonds is 24. The van der Waals surface area contributed by atoms with Crippen molar-refractivity contribution in [1.82, 2.24) is 0 Å². The lowest BCUT2D eigenvalue weighted by Crippen LogP contribution is -2.17. The molecule has 0 aromatic heterocycles. The molecule has 0 aliphatic rings. The van der Waals surface area contributed by atoms with Crippen LogP contribution in [0.4, 0.5) is 0 Å². The van der Waals surface area contributed by atoms with E-state index < -0.39 is 0 Å². The van der Waals surface area contributed by atoms with E-state index >= 15 is 0 Å².